The van der Waals surface area contributed by atoms with Gasteiger partial charge in [-0.25, -0.2) is 4.98 Å². The Kier molecular flexibility index (Phi) is 4.57. The van der Waals surface area contributed by atoms with Gasteiger partial charge in [-0.3, -0.25) is 4.79 Å². The number of nitrogens with zero attached hydrogens (tertiary/aromatic N) is 3. The molecule has 3 heterocycles. The number of ether oxygens (including phenoxy) is 1. The van der Waals surface area contributed by atoms with Crippen molar-refractivity contribution in [3.05, 3.63) is 47.7 Å². The lowest BCUT2D eigenvalue weighted by Gasteiger charge is -2.27. The Labute approximate surface area is 170 Å². The van der Waals surface area contributed by atoms with Crippen molar-refractivity contribution in [2.45, 2.75) is 45.1 Å². The number of rotatable bonds is 5. The van der Waals surface area contributed by atoms with E-state index >= 15 is 0 Å². The molecule has 6 nitrogen and oxygen atoms in total. The summed E-state index contributed by atoms with van der Waals surface area (Å²) in [4.78, 5) is 23.0. The number of aromatic amines is 1. The van der Waals surface area contributed by atoms with Crippen LogP contribution in [-0.2, 0) is 6.54 Å². The molecular formula is C23H28N4O2. The van der Waals surface area contributed by atoms with Crippen LogP contribution in [0.5, 0.6) is 5.75 Å². The number of carbonyl (C=O) groups is 1. The predicted molar refractivity (Wildman–Crippen MR) is 112 cm³/mol. The van der Waals surface area contributed by atoms with Crippen LogP contribution in [0.3, 0.4) is 0 Å². The number of aromatic nitrogens is 3. The second-order valence-electron chi connectivity index (χ2n) is 8.54. The van der Waals surface area contributed by atoms with E-state index in [-0.39, 0.29) is 5.91 Å². The normalized spacial score (nSPS) is 19.7. The van der Waals surface area contributed by atoms with E-state index in [1.807, 2.05) is 35.4 Å². The minimum absolute atomic E-state index is 0.0873. The number of hydrogen-bond acceptors (Lipinski definition) is 3. The third-order valence-electron chi connectivity index (χ3n) is 6.63. The highest BCUT2D eigenvalue weighted by Crippen LogP contribution is 2.36. The van der Waals surface area contributed by atoms with Gasteiger partial charge in [-0.2, -0.15) is 0 Å². The average molecular weight is 393 g/mol. The molecule has 0 bridgehead atoms. The monoisotopic (exact) mass is 392 g/mol. The van der Waals surface area contributed by atoms with Crippen LogP contribution in [0.15, 0.2) is 30.5 Å². The molecule has 1 unspecified atom stereocenters. The van der Waals surface area contributed by atoms with E-state index in [4.69, 9.17) is 4.74 Å². The molecule has 2 aliphatic rings. The van der Waals surface area contributed by atoms with Crippen LogP contribution in [0, 0.1) is 12.8 Å². The maximum absolute atomic E-state index is 13.1. The molecule has 3 aromatic rings. The van der Waals surface area contributed by atoms with Crippen LogP contribution >= 0.6 is 0 Å². The molecule has 1 saturated heterocycles. The lowest BCUT2D eigenvalue weighted by Crippen LogP contribution is -2.29. The third-order valence-corrected chi connectivity index (χ3v) is 6.63. The van der Waals surface area contributed by atoms with Crippen molar-refractivity contribution in [1.29, 1.82) is 0 Å². The van der Waals surface area contributed by atoms with E-state index in [9.17, 15) is 4.79 Å². The summed E-state index contributed by atoms with van der Waals surface area (Å²) in [5.74, 6) is 3.24. The third kappa shape index (κ3) is 3.30. The smallest absolute Gasteiger partial charge is 0.270 e. The average Bonchev–Trinajstić information content (AvgIpc) is 3.40. The first-order valence-electron chi connectivity index (χ1n) is 10.6. The zero-order valence-electron chi connectivity index (χ0n) is 17.1. The predicted octanol–water partition coefficient (Wildman–Crippen LogP) is 4.11. The van der Waals surface area contributed by atoms with Gasteiger partial charge in [-0.1, -0.05) is 6.42 Å². The number of benzene rings is 1. The van der Waals surface area contributed by atoms with E-state index < -0.39 is 0 Å². The quantitative estimate of drug-likeness (QED) is 0.711. The Hall–Kier alpha value is -2.76. The van der Waals surface area contributed by atoms with Crippen LogP contribution in [-0.4, -0.2) is 45.5 Å². The molecule has 6 heteroatoms. The summed E-state index contributed by atoms with van der Waals surface area (Å²) in [6, 6.07) is 7.78. The van der Waals surface area contributed by atoms with Gasteiger partial charge >= 0.3 is 0 Å². The van der Waals surface area contributed by atoms with Crippen LogP contribution in [0.25, 0.3) is 10.9 Å². The molecule has 1 aliphatic carbocycles. The molecule has 1 N–H and O–H groups in total. The molecule has 1 aliphatic heterocycles. The van der Waals surface area contributed by atoms with Crippen molar-refractivity contribution in [2.75, 3.05) is 20.2 Å². The molecule has 2 fully saturated rings. The molecule has 5 rings (SSSR count). The molecule has 0 spiro atoms. The first-order chi connectivity index (χ1) is 14.1. The van der Waals surface area contributed by atoms with E-state index in [0.717, 1.165) is 42.7 Å². The molecule has 1 amide bonds. The highest BCUT2D eigenvalue weighted by Gasteiger charge is 2.30. The Morgan fingerprint density at radius 2 is 2.14 bits per heavy atom. The number of fused-ring (bicyclic) bond motifs is 1. The number of methoxy groups -OCH3 is 1. The Balaban J connectivity index is 1.28. The number of hydrogen-bond donors (Lipinski definition) is 1. The zero-order valence-corrected chi connectivity index (χ0v) is 17.1. The Bertz CT molecular complexity index is 1050. The summed E-state index contributed by atoms with van der Waals surface area (Å²) >= 11 is 0. The largest absolute Gasteiger partial charge is 0.497 e. The number of aryl methyl sites for hydroxylation is 1. The van der Waals surface area contributed by atoms with Crippen LogP contribution in [0.2, 0.25) is 0 Å². The summed E-state index contributed by atoms with van der Waals surface area (Å²) in [6.45, 7) is 4.73. The van der Waals surface area contributed by atoms with Crippen LogP contribution < -0.4 is 4.74 Å². The summed E-state index contributed by atoms with van der Waals surface area (Å²) in [5, 5.41) is 1.03. The first-order valence-corrected chi connectivity index (χ1v) is 10.6. The van der Waals surface area contributed by atoms with E-state index in [1.54, 1.807) is 7.11 Å². The highest BCUT2D eigenvalue weighted by atomic mass is 16.5. The second kappa shape index (κ2) is 7.25. The van der Waals surface area contributed by atoms with Crippen molar-refractivity contribution < 1.29 is 9.53 Å². The molecule has 1 aromatic carbocycles. The molecule has 1 atom stereocenters. The van der Waals surface area contributed by atoms with Gasteiger partial charge < -0.3 is 19.2 Å². The van der Waals surface area contributed by atoms with Crippen molar-refractivity contribution in [2.24, 2.45) is 5.92 Å². The first kappa shape index (κ1) is 18.3. The number of likely N-dealkylation sites (tertiary alicyclic amines) is 1. The fourth-order valence-corrected chi connectivity index (χ4v) is 4.65. The fourth-order valence-electron chi connectivity index (χ4n) is 4.65. The van der Waals surface area contributed by atoms with Gasteiger partial charge in [-0.15, -0.1) is 0 Å². The standard InChI is InChI=1S/C23H28N4O2/c1-15-12-24-22(17-4-3-5-17)27(15)14-16-8-9-26(13-16)23(28)21-10-18-6-7-19(29-2)11-20(18)25-21/h6-7,10-12,16-17,25H,3-5,8-9,13-14H2,1-2H3. The second-order valence-corrected chi connectivity index (χ2v) is 8.54. The maximum Gasteiger partial charge on any atom is 0.270 e. The van der Waals surface area contributed by atoms with Crippen molar-refractivity contribution in [1.82, 2.24) is 19.4 Å². The zero-order chi connectivity index (χ0) is 20.0. The lowest BCUT2D eigenvalue weighted by atomic mass is 9.84. The van der Waals surface area contributed by atoms with Gasteiger partial charge in [0.05, 0.1) is 7.11 Å². The van der Waals surface area contributed by atoms with Gasteiger partial charge in [0.1, 0.15) is 17.3 Å². The Morgan fingerprint density at radius 1 is 1.28 bits per heavy atom. The molecular weight excluding hydrogens is 364 g/mol. The van der Waals surface area contributed by atoms with Crippen molar-refractivity contribution in [3.8, 4) is 5.75 Å². The SMILES string of the molecule is COc1ccc2cc(C(=O)N3CCC(Cn4c(C)cnc4C4CCC4)C3)[nH]c2c1. The van der Waals surface area contributed by atoms with Gasteiger partial charge in [0, 0.05) is 54.4 Å². The number of imidazole rings is 1. The molecule has 0 radical (unpaired) electrons. The van der Waals surface area contributed by atoms with Crippen molar-refractivity contribution in [3.63, 3.8) is 0 Å². The van der Waals surface area contributed by atoms with E-state index in [0.29, 0.717) is 17.5 Å². The maximum atomic E-state index is 13.1. The Morgan fingerprint density at radius 3 is 2.90 bits per heavy atom. The van der Waals surface area contributed by atoms with Crippen LogP contribution in [0.4, 0.5) is 0 Å². The molecule has 29 heavy (non-hydrogen) atoms. The topological polar surface area (TPSA) is 63.1 Å². The molecule has 2 aromatic heterocycles. The molecule has 152 valence electrons. The molecule has 1 saturated carbocycles. The van der Waals surface area contributed by atoms with E-state index in [2.05, 4.69) is 21.5 Å². The summed E-state index contributed by atoms with van der Waals surface area (Å²) in [5.41, 5.74) is 2.83. The number of carbonyl (C=O) groups excluding carboxylic acids is 1. The minimum atomic E-state index is 0.0873. The van der Waals surface area contributed by atoms with Gasteiger partial charge in [0.25, 0.3) is 5.91 Å². The van der Waals surface area contributed by atoms with E-state index in [1.165, 1.54) is 30.8 Å². The van der Waals surface area contributed by atoms with Crippen molar-refractivity contribution >= 4 is 16.8 Å². The van der Waals surface area contributed by atoms with Gasteiger partial charge in [0.2, 0.25) is 0 Å². The number of H-pyrrole nitrogens is 1. The van der Waals surface area contributed by atoms with Gasteiger partial charge in [-0.05, 0) is 50.3 Å². The van der Waals surface area contributed by atoms with Gasteiger partial charge in [0.15, 0.2) is 0 Å². The number of amides is 1. The minimum Gasteiger partial charge on any atom is -0.497 e. The summed E-state index contributed by atoms with van der Waals surface area (Å²) in [6.07, 6.45) is 6.89. The lowest BCUT2D eigenvalue weighted by molar-refractivity contribution is 0.0781. The summed E-state index contributed by atoms with van der Waals surface area (Å²) in [7, 11) is 1.65. The summed E-state index contributed by atoms with van der Waals surface area (Å²) < 4.78 is 7.68. The number of nitrogens with one attached hydrogen (secondary N) is 1. The van der Waals surface area contributed by atoms with Crippen LogP contribution in [0.1, 0.15) is 53.6 Å². The fraction of sp³-hybridized carbons (Fsp3) is 0.478. The highest BCUT2D eigenvalue weighted by molar-refractivity contribution is 5.98.